The fourth-order valence-corrected chi connectivity index (χ4v) is 3.43. The van der Waals surface area contributed by atoms with E-state index in [1.54, 1.807) is 18.3 Å². The van der Waals surface area contributed by atoms with Crippen molar-refractivity contribution in [2.45, 2.75) is 0 Å². The van der Waals surface area contributed by atoms with Crippen LogP contribution in [-0.4, -0.2) is 42.1 Å². The summed E-state index contributed by atoms with van der Waals surface area (Å²) in [5, 5.41) is 14.2. The molecular weight excluding hydrogens is 384 g/mol. The highest BCUT2D eigenvalue weighted by Gasteiger charge is 2.23. The van der Waals surface area contributed by atoms with Crippen LogP contribution in [0, 0.1) is 10.1 Å². The van der Waals surface area contributed by atoms with Gasteiger partial charge in [-0.3, -0.25) is 19.9 Å². The molecule has 0 unspecified atom stereocenters. The van der Waals surface area contributed by atoms with E-state index in [1.165, 1.54) is 12.1 Å². The monoisotopic (exact) mass is 404 g/mol. The zero-order chi connectivity index (χ0) is 20.9. The molecule has 1 aromatic heterocycles. The maximum Gasteiger partial charge on any atom is 0.270 e. The Morgan fingerprint density at radius 3 is 2.57 bits per heavy atom. The third-order valence-electron chi connectivity index (χ3n) is 4.90. The van der Waals surface area contributed by atoms with E-state index in [4.69, 9.17) is 4.74 Å². The number of nitro groups is 1. The molecular formula is C22H20N4O4. The molecule has 1 fully saturated rings. The summed E-state index contributed by atoms with van der Waals surface area (Å²) in [5.41, 5.74) is 2.85. The predicted molar refractivity (Wildman–Crippen MR) is 114 cm³/mol. The Bertz CT molecular complexity index is 1070. The van der Waals surface area contributed by atoms with E-state index < -0.39 is 10.8 Å². The van der Waals surface area contributed by atoms with E-state index in [1.807, 2.05) is 41.3 Å². The zero-order valence-electron chi connectivity index (χ0n) is 16.2. The first-order valence-corrected chi connectivity index (χ1v) is 9.56. The van der Waals surface area contributed by atoms with E-state index in [2.05, 4.69) is 10.3 Å². The number of para-hydroxylation sites is 1. The molecule has 3 aromatic rings. The number of nitrogens with one attached hydrogen (secondary N) is 1. The van der Waals surface area contributed by atoms with E-state index >= 15 is 0 Å². The standard InChI is InChI=1S/C22H20N4O4/c27-22(24-20-7-2-1-5-17(20)19-6-3-4-10-23-19)18-15-16(26(28)29)8-9-21(18)25-11-13-30-14-12-25/h1-10,15H,11-14H2,(H,24,27). The number of nitrogens with zero attached hydrogens (tertiary/aromatic N) is 3. The third kappa shape index (κ3) is 4.13. The van der Waals surface area contributed by atoms with Gasteiger partial charge in [-0.2, -0.15) is 0 Å². The van der Waals surface area contributed by atoms with Crippen LogP contribution < -0.4 is 10.2 Å². The molecule has 0 radical (unpaired) electrons. The number of nitro benzene ring substituents is 1. The quantitative estimate of drug-likeness (QED) is 0.514. The summed E-state index contributed by atoms with van der Waals surface area (Å²) in [6.07, 6.45) is 1.69. The molecule has 1 saturated heterocycles. The van der Waals surface area contributed by atoms with Gasteiger partial charge in [0.25, 0.3) is 11.6 Å². The number of carbonyl (C=O) groups excluding carboxylic acids is 1. The summed E-state index contributed by atoms with van der Waals surface area (Å²) in [7, 11) is 0. The summed E-state index contributed by atoms with van der Waals surface area (Å²) in [6, 6.07) is 17.3. The van der Waals surface area contributed by atoms with Crippen molar-refractivity contribution in [3.63, 3.8) is 0 Å². The minimum Gasteiger partial charge on any atom is -0.378 e. The average Bonchev–Trinajstić information content (AvgIpc) is 2.80. The maximum absolute atomic E-state index is 13.2. The number of non-ortho nitro benzene ring substituents is 1. The topological polar surface area (TPSA) is 97.6 Å². The van der Waals surface area contributed by atoms with Gasteiger partial charge in [-0.1, -0.05) is 24.3 Å². The van der Waals surface area contributed by atoms with Crippen molar-refractivity contribution >= 4 is 23.0 Å². The lowest BCUT2D eigenvalue weighted by molar-refractivity contribution is -0.384. The largest absolute Gasteiger partial charge is 0.378 e. The number of pyridine rings is 1. The molecule has 0 spiro atoms. The third-order valence-corrected chi connectivity index (χ3v) is 4.90. The van der Waals surface area contributed by atoms with Crippen molar-refractivity contribution in [2.24, 2.45) is 0 Å². The van der Waals surface area contributed by atoms with Gasteiger partial charge in [-0.25, -0.2) is 0 Å². The van der Waals surface area contributed by atoms with Gasteiger partial charge < -0.3 is 15.0 Å². The Morgan fingerprint density at radius 1 is 1.07 bits per heavy atom. The number of hydrogen-bond donors (Lipinski definition) is 1. The second-order valence-corrected chi connectivity index (χ2v) is 6.77. The van der Waals surface area contributed by atoms with Crippen molar-refractivity contribution in [2.75, 3.05) is 36.5 Å². The van der Waals surface area contributed by atoms with Crippen LogP contribution >= 0.6 is 0 Å². The van der Waals surface area contributed by atoms with Crippen LogP contribution in [0.25, 0.3) is 11.3 Å². The van der Waals surface area contributed by atoms with E-state index in [9.17, 15) is 14.9 Å². The molecule has 2 heterocycles. The summed E-state index contributed by atoms with van der Waals surface area (Å²) >= 11 is 0. The van der Waals surface area contributed by atoms with Gasteiger partial charge in [0.15, 0.2) is 0 Å². The summed E-state index contributed by atoms with van der Waals surface area (Å²) < 4.78 is 5.39. The summed E-state index contributed by atoms with van der Waals surface area (Å²) in [4.78, 5) is 30.4. The highest BCUT2D eigenvalue weighted by molar-refractivity contribution is 6.10. The SMILES string of the molecule is O=C(Nc1ccccc1-c1ccccn1)c1cc([N+](=O)[O-])ccc1N1CCOCC1. The predicted octanol–water partition coefficient (Wildman–Crippen LogP) is 3.75. The fraction of sp³-hybridized carbons (Fsp3) is 0.182. The first kappa shape index (κ1) is 19.5. The number of ether oxygens (including phenoxy) is 1. The lowest BCUT2D eigenvalue weighted by Gasteiger charge is -2.30. The second-order valence-electron chi connectivity index (χ2n) is 6.77. The molecule has 8 heteroatoms. The van der Waals surface area contributed by atoms with Gasteiger partial charge in [0.05, 0.1) is 40.8 Å². The average molecular weight is 404 g/mol. The van der Waals surface area contributed by atoms with Crippen LogP contribution in [0.5, 0.6) is 0 Å². The van der Waals surface area contributed by atoms with Gasteiger partial charge in [0, 0.05) is 37.0 Å². The molecule has 0 bridgehead atoms. The molecule has 0 atom stereocenters. The fourth-order valence-electron chi connectivity index (χ4n) is 3.43. The van der Waals surface area contributed by atoms with E-state index in [0.29, 0.717) is 37.7 Å². The van der Waals surface area contributed by atoms with Crippen molar-refractivity contribution in [3.8, 4) is 11.3 Å². The molecule has 30 heavy (non-hydrogen) atoms. The van der Waals surface area contributed by atoms with Crippen molar-refractivity contribution in [1.82, 2.24) is 4.98 Å². The molecule has 1 N–H and O–H groups in total. The molecule has 4 rings (SSSR count). The minimum absolute atomic E-state index is 0.129. The second kappa shape index (κ2) is 8.71. The minimum atomic E-state index is -0.498. The Morgan fingerprint density at radius 2 is 1.83 bits per heavy atom. The molecule has 1 aliphatic rings. The Kier molecular flexibility index (Phi) is 5.67. The first-order chi connectivity index (χ1) is 14.6. The van der Waals surface area contributed by atoms with Gasteiger partial charge in [0.2, 0.25) is 0 Å². The number of rotatable bonds is 5. The number of amides is 1. The van der Waals surface area contributed by atoms with Crippen LogP contribution in [0.3, 0.4) is 0 Å². The number of hydrogen-bond acceptors (Lipinski definition) is 6. The Labute approximate surface area is 173 Å². The summed E-state index contributed by atoms with van der Waals surface area (Å²) in [5.74, 6) is -0.413. The number of morpholine rings is 1. The van der Waals surface area contributed by atoms with Crippen LogP contribution in [0.1, 0.15) is 10.4 Å². The Balaban J connectivity index is 1.70. The molecule has 0 aliphatic carbocycles. The van der Waals surface area contributed by atoms with Gasteiger partial charge >= 0.3 is 0 Å². The van der Waals surface area contributed by atoms with Gasteiger partial charge in [0.1, 0.15) is 0 Å². The Hall–Kier alpha value is -3.78. The van der Waals surface area contributed by atoms with Gasteiger partial charge in [-0.15, -0.1) is 0 Å². The maximum atomic E-state index is 13.2. The molecule has 1 aliphatic heterocycles. The molecule has 8 nitrogen and oxygen atoms in total. The molecule has 2 aromatic carbocycles. The number of anilines is 2. The van der Waals surface area contributed by atoms with E-state index in [0.717, 1.165) is 11.3 Å². The smallest absolute Gasteiger partial charge is 0.270 e. The van der Waals surface area contributed by atoms with Crippen LogP contribution in [0.15, 0.2) is 66.9 Å². The number of carbonyl (C=O) groups is 1. The van der Waals surface area contributed by atoms with Crippen molar-refractivity contribution in [3.05, 3.63) is 82.5 Å². The number of benzene rings is 2. The van der Waals surface area contributed by atoms with Crippen molar-refractivity contribution in [1.29, 1.82) is 0 Å². The molecule has 152 valence electrons. The highest BCUT2D eigenvalue weighted by atomic mass is 16.6. The van der Waals surface area contributed by atoms with E-state index in [-0.39, 0.29) is 11.3 Å². The van der Waals surface area contributed by atoms with Crippen LogP contribution in [-0.2, 0) is 4.74 Å². The first-order valence-electron chi connectivity index (χ1n) is 9.56. The lowest BCUT2D eigenvalue weighted by Crippen LogP contribution is -2.37. The highest BCUT2D eigenvalue weighted by Crippen LogP contribution is 2.30. The van der Waals surface area contributed by atoms with Crippen molar-refractivity contribution < 1.29 is 14.5 Å². The zero-order valence-corrected chi connectivity index (χ0v) is 16.2. The van der Waals surface area contributed by atoms with Crippen LogP contribution in [0.2, 0.25) is 0 Å². The van der Waals surface area contributed by atoms with Crippen LogP contribution in [0.4, 0.5) is 17.1 Å². The molecule has 1 amide bonds. The van der Waals surface area contributed by atoms with Gasteiger partial charge in [-0.05, 0) is 24.3 Å². The molecule has 0 saturated carbocycles. The number of aromatic nitrogens is 1. The lowest BCUT2D eigenvalue weighted by atomic mass is 10.1. The summed E-state index contributed by atoms with van der Waals surface area (Å²) in [6.45, 7) is 2.31. The normalized spacial score (nSPS) is 13.7.